The Labute approximate surface area is 119 Å². The second-order valence-corrected chi connectivity index (χ2v) is 4.51. The molecule has 1 unspecified atom stereocenters. The summed E-state index contributed by atoms with van der Waals surface area (Å²) < 4.78 is 45.9. The highest BCUT2D eigenvalue weighted by molar-refractivity contribution is 5.90. The summed E-state index contributed by atoms with van der Waals surface area (Å²) in [7, 11) is 0. The number of hydrogen-bond donors (Lipinski definition) is 2. The first-order valence-corrected chi connectivity index (χ1v) is 6.45. The molecule has 2 N–H and O–H groups in total. The Morgan fingerprint density at radius 2 is 2.14 bits per heavy atom. The van der Waals surface area contributed by atoms with Crippen molar-refractivity contribution in [2.75, 3.05) is 18.5 Å². The fourth-order valence-corrected chi connectivity index (χ4v) is 1.96. The molecule has 1 aliphatic heterocycles. The van der Waals surface area contributed by atoms with Crippen molar-refractivity contribution in [2.24, 2.45) is 0 Å². The van der Waals surface area contributed by atoms with Gasteiger partial charge in [-0.25, -0.2) is 4.79 Å². The van der Waals surface area contributed by atoms with Gasteiger partial charge in [-0.1, -0.05) is 12.1 Å². The molecule has 1 heterocycles. The Bertz CT molecular complexity index is 488. The van der Waals surface area contributed by atoms with E-state index in [0.717, 1.165) is 18.9 Å². The van der Waals surface area contributed by atoms with Gasteiger partial charge in [0.15, 0.2) is 5.75 Å². The van der Waals surface area contributed by atoms with E-state index < -0.39 is 18.1 Å². The summed E-state index contributed by atoms with van der Waals surface area (Å²) in [6.07, 6.45) is -3.06. The van der Waals surface area contributed by atoms with Gasteiger partial charge in [0, 0.05) is 13.2 Å². The summed E-state index contributed by atoms with van der Waals surface area (Å²) in [6, 6.07) is 4.73. The molecule has 1 aromatic carbocycles. The van der Waals surface area contributed by atoms with Gasteiger partial charge in [0.25, 0.3) is 0 Å². The van der Waals surface area contributed by atoms with Crippen molar-refractivity contribution in [3.8, 4) is 5.75 Å². The maximum absolute atomic E-state index is 12.2. The Morgan fingerprint density at radius 3 is 2.81 bits per heavy atom. The van der Waals surface area contributed by atoms with E-state index in [1.54, 1.807) is 0 Å². The summed E-state index contributed by atoms with van der Waals surface area (Å²) in [5.74, 6) is -0.461. The van der Waals surface area contributed by atoms with Crippen LogP contribution in [0.2, 0.25) is 0 Å². The van der Waals surface area contributed by atoms with E-state index in [9.17, 15) is 18.0 Å². The van der Waals surface area contributed by atoms with Crippen LogP contribution >= 0.6 is 0 Å². The summed E-state index contributed by atoms with van der Waals surface area (Å²) in [6.45, 7) is 0.977. The van der Waals surface area contributed by atoms with Crippen LogP contribution in [0, 0.1) is 0 Å². The lowest BCUT2D eigenvalue weighted by Crippen LogP contribution is -2.35. The zero-order chi connectivity index (χ0) is 15.3. The molecule has 0 saturated carbocycles. The molecule has 1 saturated heterocycles. The van der Waals surface area contributed by atoms with Gasteiger partial charge in [-0.05, 0) is 25.0 Å². The molecular weight excluding hydrogens is 289 g/mol. The Balaban J connectivity index is 1.90. The molecule has 5 nitrogen and oxygen atoms in total. The van der Waals surface area contributed by atoms with E-state index in [4.69, 9.17) is 4.74 Å². The fraction of sp³-hybridized carbons (Fsp3) is 0.462. The molecule has 21 heavy (non-hydrogen) atoms. The maximum atomic E-state index is 12.2. The average molecular weight is 304 g/mol. The molecular formula is C13H15F3N2O3. The van der Waals surface area contributed by atoms with Crippen LogP contribution in [0.4, 0.5) is 23.7 Å². The van der Waals surface area contributed by atoms with Crippen LogP contribution < -0.4 is 15.4 Å². The topological polar surface area (TPSA) is 59.6 Å². The van der Waals surface area contributed by atoms with E-state index in [-0.39, 0.29) is 11.8 Å². The third-order valence-electron chi connectivity index (χ3n) is 2.88. The van der Waals surface area contributed by atoms with Gasteiger partial charge in [0.05, 0.1) is 11.8 Å². The number of alkyl halides is 3. The molecule has 2 rings (SSSR count). The summed E-state index contributed by atoms with van der Waals surface area (Å²) >= 11 is 0. The van der Waals surface area contributed by atoms with E-state index in [1.807, 2.05) is 0 Å². The second kappa shape index (κ2) is 6.66. The van der Waals surface area contributed by atoms with Crippen LogP contribution in [0.1, 0.15) is 12.8 Å². The number of nitrogens with one attached hydrogen (secondary N) is 2. The number of ether oxygens (including phenoxy) is 2. The van der Waals surface area contributed by atoms with Gasteiger partial charge in [0.1, 0.15) is 0 Å². The van der Waals surface area contributed by atoms with E-state index in [1.165, 1.54) is 18.2 Å². The Hall–Kier alpha value is -1.96. The average Bonchev–Trinajstić information content (AvgIpc) is 2.90. The normalized spacial score (nSPS) is 18.3. The fourth-order valence-electron chi connectivity index (χ4n) is 1.96. The number of benzene rings is 1. The van der Waals surface area contributed by atoms with Crippen LogP contribution in [-0.2, 0) is 4.74 Å². The minimum absolute atomic E-state index is 0.0441. The molecule has 1 fully saturated rings. The van der Waals surface area contributed by atoms with Gasteiger partial charge < -0.3 is 20.1 Å². The van der Waals surface area contributed by atoms with Crippen molar-refractivity contribution in [1.82, 2.24) is 5.32 Å². The van der Waals surface area contributed by atoms with Gasteiger partial charge in [-0.3, -0.25) is 0 Å². The van der Waals surface area contributed by atoms with E-state index in [2.05, 4.69) is 15.4 Å². The zero-order valence-corrected chi connectivity index (χ0v) is 11.1. The molecule has 8 heteroatoms. The zero-order valence-electron chi connectivity index (χ0n) is 11.1. The number of urea groups is 1. The number of halogens is 3. The van der Waals surface area contributed by atoms with Crippen LogP contribution in [0.5, 0.6) is 5.75 Å². The molecule has 2 amide bonds. The molecule has 1 atom stereocenters. The van der Waals surface area contributed by atoms with Crippen LogP contribution in [0.3, 0.4) is 0 Å². The second-order valence-electron chi connectivity index (χ2n) is 4.51. The molecule has 0 radical (unpaired) electrons. The summed E-state index contributed by atoms with van der Waals surface area (Å²) in [5.41, 5.74) is -0.0559. The van der Waals surface area contributed by atoms with Gasteiger partial charge in [0.2, 0.25) is 0 Å². The number of rotatable bonds is 4. The lowest BCUT2D eigenvalue weighted by molar-refractivity contribution is -0.274. The lowest BCUT2D eigenvalue weighted by atomic mass is 10.2. The summed E-state index contributed by atoms with van der Waals surface area (Å²) in [5, 5.41) is 4.88. The molecule has 1 aliphatic rings. The first-order chi connectivity index (χ1) is 9.94. The number of carbonyl (C=O) groups excluding carboxylic acids is 1. The van der Waals surface area contributed by atoms with Crippen LogP contribution in [0.15, 0.2) is 24.3 Å². The highest BCUT2D eigenvalue weighted by Gasteiger charge is 2.32. The molecule has 0 spiro atoms. The number of para-hydroxylation sites is 2. The first-order valence-electron chi connectivity index (χ1n) is 6.45. The highest BCUT2D eigenvalue weighted by Crippen LogP contribution is 2.29. The number of anilines is 1. The quantitative estimate of drug-likeness (QED) is 0.899. The first kappa shape index (κ1) is 15.4. The monoisotopic (exact) mass is 304 g/mol. The lowest BCUT2D eigenvalue weighted by Gasteiger charge is -2.15. The van der Waals surface area contributed by atoms with Crippen molar-refractivity contribution < 1.29 is 27.4 Å². The third-order valence-corrected chi connectivity index (χ3v) is 2.88. The van der Waals surface area contributed by atoms with Crippen molar-refractivity contribution in [1.29, 1.82) is 0 Å². The highest BCUT2D eigenvalue weighted by atomic mass is 19.4. The minimum Gasteiger partial charge on any atom is -0.404 e. The smallest absolute Gasteiger partial charge is 0.404 e. The number of hydrogen-bond acceptors (Lipinski definition) is 3. The van der Waals surface area contributed by atoms with Crippen LogP contribution in [0.25, 0.3) is 0 Å². The van der Waals surface area contributed by atoms with Crippen molar-refractivity contribution in [3.63, 3.8) is 0 Å². The maximum Gasteiger partial charge on any atom is 0.573 e. The Morgan fingerprint density at radius 1 is 1.38 bits per heavy atom. The largest absolute Gasteiger partial charge is 0.573 e. The van der Waals surface area contributed by atoms with E-state index in [0.29, 0.717) is 13.2 Å². The van der Waals surface area contributed by atoms with Crippen molar-refractivity contribution >= 4 is 11.7 Å². The Kier molecular flexibility index (Phi) is 4.89. The molecule has 0 aliphatic carbocycles. The van der Waals surface area contributed by atoms with E-state index >= 15 is 0 Å². The standard InChI is InChI=1S/C13H15F3N2O3/c14-13(15,16)21-11-6-2-1-5-10(11)18-12(19)17-8-9-4-3-7-20-9/h1-2,5-6,9H,3-4,7-8H2,(H2,17,18,19). The molecule has 0 aromatic heterocycles. The minimum atomic E-state index is -4.81. The SMILES string of the molecule is O=C(NCC1CCCO1)Nc1ccccc1OC(F)(F)F. The molecule has 0 bridgehead atoms. The van der Waals surface area contributed by atoms with Gasteiger partial charge in [-0.15, -0.1) is 13.2 Å². The van der Waals surface area contributed by atoms with Gasteiger partial charge >= 0.3 is 12.4 Å². The van der Waals surface area contributed by atoms with Gasteiger partial charge in [-0.2, -0.15) is 0 Å². The number of carbonyl (C=O) groups is 1. The van der Waals surface area contributed by atoms with Crippen molar-refractivity contribution in [3.05, 3.63) is 24.3 Å². The predicted molar refractivity (Wildman–Crippen MR) is 69.1 cm³/mol. The molecule has 116 valence electrons. The predicted octanol–water partition coefficient (Wildman–Crippen LogP) is 2.89. The van der Waals surface area contributed by atoms with Crippen molar-refractivity contribution in [2.45, 2.75) is 25.3 Å². The van der Waals surface area contributed by atoms with Crippen LogP contribution in [-0.4, -0.2) is 31.6 Å². The third kappa shape index (κ3) is 5.14. The molecule has 1 aromatic rings. The number of amides is 2. The summed E-state index contributed by atoms with van der Waals surface area (Å²) in [4.78, 5) is 11.7.